The zero-order valence-electron chi connectivity index (χ0n) is 49.8. The summed E-state index contributed by atoms with van der Waals surface area (Å²) in [6, 6.07) is 89.7. The highest BCUT2D eigenvalue weighted by molar-refractivity contribution is 7.00. The number of nitrogens with zero attached hydrogens (tertiary/aromatic N) is 4. The first-order valence-corrected chi connectivity index (χ1v) is 29.8. The first kappa shape index (κ1) is 52.1. The fraction of sp³-hybridized carbons (Fsp3) is 0.154. The Labute approximate surface area is 498 Å². The van der Waals surface area contributed by atoms with Crippen molar-refractivity contribution in [3.63, 3.8) is 0 Å². The van der Waals surface area contributed by atoms with E-state index in [1.807, 2.05) is 6.07 Å². The third-order valence-electron chi connectivity index (χ3n) is 17.7. The lowest BCUT2D eigenvalue weighted by Crippen LogP contribution is -2.61. The van der Waals surface area contributed by atoms with E-state index in [-0.39, 0.29) is 23.0 Å². The molecule has 0 aliphatic carbocycles. The standard InChI is InChI=1S/C78H67BN4O2/c1-76(2,3)50-28-34-55(35-29-50)81(58-41-43-73-63(44-58)61-24-16-18-26-71(61)84-73)59-40-42-65-67(45-59)82(56-36-30-51(31-37-56)77(4,5)6)69-46-60(80(53-20-12-10-13-21-53)54-22-14-11-15-23-54)47-70-75(69)79(65)66-48-64-62-25-17-19-27-72(62)85-74(64)49-68(66)83(70)57-38-32-52(33-39-57)78(7,8)9/h10-49H,1-9H3. The Bertz CT molecular complexity index is 4680. The van der Waals surface area contributed by atoms with Crippen LogP contribution in [-0.4, -0.2) is 6.71 Å². The topological polar surface area (TPSA) is 39.2 Å². The van der Waals surface area contributed by atoms with Crippen molar-refractivity contribution in [1.82, 2.24) is 0 Å². The average Bonchev–Trinajstić information content (AvgIpc) is 1.17. The second kappa shape index (κ2) is 19.4. The molecular formula is C78H67BN4O2. The molecule has 0 fully saturated rings. The molecule has 85 heavy (non-hydrogen) atoms. The van der Waals surface area contributed by atoms with E-state index in [1.165, 1.54) is 33.1 Å². The molecule has 2 aromatic heterocycles. The Morgan fingerprint density at radius 3 is 1.21 bits per heavy atom. The van der Waals surface area contributed by atoms with Crippen LogP contribution in [0.1, 0.15) is 79.0 Å². The maximum atomic E-state index is 6.86. The number of furan rings is 2. The summed E-state index contributed by atoms with van der Waals surface area (Å²) in [7, 11) is 0. The first-order chi connectivity index (χ1) is 41.0. The van der Waals surface area contributed by atoms with E-state index in [1.54, 1.807) is 0 Å². The lowest BCUT2D eigenvalue weighted by Gasteiger charge is -2.45. The van der Waals surface area contributed by atoms with Gasteiger partial charge in [-0.1, -0.05) is 184 Å². The van der Waals surface area contributed by atoms with Gasteiger partial charge in [0, 0.05) is 90.2 Å². The molecule has 0 N–H and O–H groups in total. The predicted molar refractivity (Wildman–Crippen MR) is 360 cm³/mol. The Kier molecular flexibility index (Phi) is 11.9. The molecule has 0 amide bonds. The van der Waals surface area contributed by atoms with Gasteiger partial charge in [-0.3, -0.25) is 0 Å². The molecule has 414 valence electrons. The van der Waals surface area contributed by atoms with Crippen molar-refractivity contribution in [2.45, 2.75) is 78.6 Å². The van der Waals surface area contributed by atoms with Crippen molar-refractivity contribution in [2.24, 2.45) is 0 Å². The van der Waals surface area contributed by atoms with Crippen LogP contribution in [0.15, 0.2) is 251 Å². The van der Waals surface area contributed by atoms with Gasteiger partial charge in [-0.25, -0.2) is 0 Å². The van der Waals surface area contributed by atoms with E-state index < -0.39 is 0 Å². The summed E-state index contributed by atoms with van der Waals surface area (Å²) < 4.78 is 13.3. The lowest BCUT2D eigenvalue weighted by molar-refractivity contribution is 0.590. The van der Waals surface area contributed by atoms with Crippen LogP contribution < -0.4 is 36.0 Å². The Morgan fingerprint density at radius 1 is 0.294 bits per heavy atom. The molecule has 0 saturated heterocycles. The summed E-state index contributed by atoms with van der Waals surface area (Å²) in [4.78, 5) is 9.91. The molecule has 2 aliphatic rings. The van der Waals surface area contributed by atoms with Crippen molar-refractivity contribution in [1.29, 1.82) is 0 Å². The normalized spacial score (nSPS) is 13.2. The Hall–Kier alpha value is -9.72. The fourth-order valence-corrected chi connectivity index (χ4v) is 13.2. The number of fused-ring (bicyclic) bond motifs is 10. The molecular weight excluding hydrogens is 1040 g/mol. The molecule has 2 aliphatic heterocycles. The highest BCUT2D eigenvalue weighted by Crippen LogP contribution is 2.51. The van der Waals surface area contributed by atoms with Crippen LogP contribution in [0.2, 0.25) is 0 Å². The number of para-hydroxylation sites is 4. The van der Waals surface area contributed by atoms with Crippen LogP contribution in [0.3, 0.4) is 0 Å². The molecule has 13 aromatic rings. The van der Waals surface area contributed by atoms with Crippen LogP contribution in [0, 0.1) is 0 Å². The lowest BCUT2D eigenvalue weighted by atomic mass is 9.33. The molecule has 0 spiro atoms. The van der Waals surface area contributed by atoms with E-state index in [0.29, 0.717) is 0 Å². The van der Waals surface area contributed by atoms with Gasteiger partial charge in [-0.05, 0) is 165 Å². The molecule has 4 heterocycles. The minimum absolute atomic E-state index is 0.0232. The minimum Gasteiger partial charge on any atom is -0.456 e. The SMILES string of the molecule is CC(C)(C)c1ccc(N(c2ccc3c(c2)N(c2ccc(C(C)(C)C)cc2)c2cc(N(c4ccccc4)c4ccccc4)cc4c2B3c2cc3c(cc2N4c2ccc(C(C)(C)C)cc2)oc2ccccc23)c2ccc3oc4ccccc4c3c2)cc1. The predicted octanol–water partition coefficient (Wildman–Crippen LogP) is 20.4. The van der Waals surface area contributed by atoms with Gasteiger partial charge < -0.3 is 28.4 Å². The number of rotatable bonds is 8. The van der Waals surface area contributed by atoms with E-state index in [9.17, 15) is 0 Å². The maximum absolute atomic E-state index is 6.86. The molecule has 0 atom stereocenters. The van der Waals surface area contributed by atoms with Gasteiger partial charge in [0.2, 0.25) is 0 Å². The fourth-order valence-electron chi connectivity index (χ4n) is 13.2. The van der Waals surface area contributed by atoms with E-state index in [2.05, 4.69) is 319 Å². The molecule has 0 saturated carbocycles. The summed E-state index contributed by atoms with van der Waals surface area (Å²) in [5.74, 6) is 0. The number of hydrogen-bond acceptors (Lipinski definition) is 6. The van der Waals surface area contributed by atoms with E-state index in [0.717, 1.165) is 112 Å². The molecule has 0 bridgehead atoms. The van der Waals surface area contributed by atoms with Crippen molar-refractivity contribution in [2.75, 3.05) is 19.6 Å². The van der Waals surface area contributed by atoms with E-state index >= 15 is 0 Å². The van der Waals surface area contributed by atoms with Gasteiger partial charge in [0.25, 0.3) is 6.71 Å². The second-order valence-corrected chi connectivity index (χ2v) is 26.3. The molecule has 0 radical (unpaired) electrons. The van der Waals surface area contributed by atoms with Crippen molar-refractivity contribution in [3.8, 4) is 0 Å². The van der Waals surface area contributed by atoms with Gasteiger partial charge in [-0.15, -0.1) is 0 Å². The third-order valence-corrected chi connectivity index (χ3v) is 17.7. The molecule has 15 rings (SSSR count). The summed E-state index contributed by atoms with van der Waals surface area (Å²) in [5, 5.41) is 4.37. The summed E-state index contributed by atoms with van der Waals surface area (Å²) in [5.41, 5.74) is 23.7. The van der Waals surface area contributed by atoms with Crippen LogP contribution in [0.4, 0.5) is 68.2 Å². The zero-order valence-corrected chi connectivity index (χ0v) is 49.8. The molecule has 6 nitrogen and oxygen atoms in total. The van der Waals surface area contributed by atoms with Crippen LogP contribution in [0.5, 0.6) is 0 Å². The van der Waals surface area contributed by atoms with Crippen molar-refractivity contribution in [3.05, 3.63) is 259 Å². The minimum atomic E-state index is -0.193. The molecule has 0 unspecified atom stereocenters. The maximum Gasteiger partial charge on any atom is 0.252 e. The number of benzene rings is 11. The average molecular weight is 1100 g/mol. The van der Waals surface area contributed by atoms with Gasteiger partial charge in [0.1, 0.15) is 22.3 Å². The second-order valence-electron chi connectivity index (χ2n) is 26.3. The van der Waals surface area contributed by atoms with Crippen LogP contribution >= 0.6 is 0 Å². The highest BCUT2D eigenvalue weighted by Gasteiger charge is 2.45. The quantitative estimate of drug-likeness (QED) is 0.141. The number of anilines is 12. The molecule has 11 aromatic carbocycles. The summed E-state index contributed by atoms with van der Waals surface area (Å²) >= 11 is 0. The number of hydrogen-bond donors (Lipinski definition) is 0. The Morgan fingerprint density at radius 2 is 0.682 bits per heavy atom. The monoisotopic (exact) mass is 1100 g/mol. The van der Waals surface area contributed by atoms with E-state index in [4.69, 9.17) is 8.83 Å². The highest BCUT2D eigenvalue weighted by atomic mass is 16.3. The van der Waals surface area contributed by atoms with Gasteiger partial charge in [0.05, 0.1) is 5.69 Å². The van der Waals surface area contributed by atoms with Crippen molar-refractivity contribution >= 4 is 135 Å². The largest absolute Gasteiger partial charge is 0.456 e. The molecule has 7 heteroatoms. The summed E-state index contributed by atoms with van der Waals surface area (Å²) in [6.45, 7) is 20.4. The van der Waals surface area contributed by atoms with Crippen LogP contribution in [0.25, 0.3) is 43.9 Å². The van der Waals surface area contributed by atoms with Gasteiger partial charge >= 0.3 is 0 Å². The zero-order chi connectivity index (χ0) is 58.1. The summed E-state index contributed by atoms with van der Waals surface area (Å²) in [6.07, 6.45) is 0. The smallest absolute Gasteiger partial charge is 0.252 e. The Balaban J connectivity index is 1.05. The van der Waals surface area contributed by atoms with Gasteiger partial charge in [0.15, 0.2) is 0 Å². The van der Waals surface area contributed by atoms with Gasteiger partial charge in [-0.2, -0.15) is 0 Å². The first-order valence-electron chi connectivity index (χ1n) is 29.8. The van der Waals surface area contributed by atoms with Crippen molar-refractivity contribution < 1.29 is 8.83 Å². The third kappa shape index (κ3) is 8.78. The van der Waals surface area contributed by atoms with Crippen LogP contribution in [-0.2, 0) is 16.2 Å².